The van der Waals surface area contributed by atoms with Crippen LogP contribution in [0.15, 0.2) is 114 Å². The van der Waals surface area contributed by atoms with Crippen LogP contribution in [0.4, 0.5) is 0 Å². The second kappa shape index (κ2) is 7.22. The summed E-state index contributed by atoms with van der Waals surface area (Å²) in [6.07, 6.45) is 0. The number of hydrogen-bond donors (Lipinski definition) is 0. The molecule has 0 atom stereocenters. The molecule has 2 aromatic heterocycles. The predicted octanol–water partition coefficient (Wildman–Crippen LogP) is 7.38. The summed E-state index contributed by atoms with van der Waals surface area (Å²) in [7, 11) is 0. The highest BCUT2D eigenvalue weighted by Gasteiger charge is 2.17. The van der Waals surface area contributed by atoms with E-state index in [0.29, 0.717) is 5.82 Å². The van der Waals surface area contributed by atoms with Gasteiger partial charge in [0.05, 0.1) is 0 Å². The third-order valence-electron chi connectivity index (χ3n) is 5.49. The molecule has 0 aliphatic heterocycles. The summed E-state index contributed by atoms with van der Waals surface area (Å²) in [5, 5.41) is 0.998. The van der Waals surface area contributed by atoms with Crippen LogP contribution in [-0.4, -0.2) is 9.97 Å². The Morgan fingerprint density at radius 1 is 0.516 bits per heavy atom. The van der Waals surface area contributed by atoms with E-state index < -0.39 is 0 Å². The summed E-state index contributed by atoms with van der Waals surface area (Å²) in [5.74, 6) is 0.690. The Morgan fingerprint density at radius 2 is 1.16 bits per heavy atom. The fourth-order valence-corrected chi connectivity index (χ4v) is 3.98. The minimum absolute atomic E-state index is 0.690. The highest BCUT2D eigenvalue weighted by Crippen LogP contribution is 2.35. The molecule has 6 rings (SSSR count). The molecule has 2 heterocycles. The van der Waals surface area contributed by atoms with Crippen molar-refractivity contribution in [2.24, 2.45) is 0 Å². The van der Waals surface area contributed by atoms with Gasteiger partial charge in [-0.3, -0.25) is 0 Å². The molecule has 0 bridgehead atoms. The van der Waals surface area contributed by atoms with Gasteiger partial charge in [-0.05, 0) is 29.3 Å². The lowest BCUT2D eigenvalue weighted by Gasteiger charge is -2.08. The molecule has 0 N–H and O–H groups in total. The van der Waals surface area contributed by atoms with Crippen molar-refractivity contribution in [3.05, 3.63) is 109 Å². The van der Waals surface area contributed by atoms with E-state index in [1.165, 1.54) is 5.56 Å². The second-order valence-corrected chi connectivity index (χ2v) is 7.48. The van der Waals surface area contributed by atoms with Crippen LogP contribution in [0.1, 0.15) is 0 Å². The lowest BCUT2D eigenvalue weighted by molar-refractivity contribution is 0.667. The Morgan fingerprint density at radius 3 is 1.97 bits per heavy atom. The van der Waals surface area contributed by atoms with Gasteiger partial charge in [-0.2, -0.15) is 0 Å². The van der Waals surface area contributed by atoms with E-state index in [2.05, 4.69) is 60.7 Å². The van der Waals surface area contributed by atoms with Crippen LogP contribution in [0.25, 0.3) is 55.8 Å². The minimum atomic E-state index is 0.690. The molecule has 0 radical (unpaired) electrons. The fourth-order valence-electron chi connectivity index (χ4n) is 3.98. The number of benzene rings is 4. The van der Waals surface area contributed by atoms with Gasteiger partial charge < -0.3 is 4.42 Å². The first-order chi connectivity index (χ1) is 15.4. The smallest absolute Gasteiger partial charge is 0.180 e. The summed E-state index contributed by atoms with van der Waals surface area (Å²) in [4.78, 5) is 9.92. The first kappa shape index (κ1) is 17.6. The zero-order valence-corrected chi connectivity index (χ0v) is 16.7. The molecule has 3 nitrogen and oxygen atoms in total. The van der Waals surface area contributed by atoms with Gasteiger partial charge in [0.1, 0.15) is 16.8 Å². The first-order valence-corrected chi connectivity index (χ1v) is 10.3. The maximum Gasteiger partial charge on any atom is 0.180 e. The maximum atomic E-state index is 6.20. The van der Waals surface area contributed by atoms with Crippen molar-refractivity contribution in [1.29, 1.82) is 0 Å². The zero-order chi connectivity index (χ0) is 20.6. The topological polar surface area (TPSA) is 38.9 Å². The van der Waals surface area contributed by atoms with Gasteiger partial charge in [-0.25, -0.2) is 9.97 Å². The second-order valence-electron chi connectivity index (χ2n) is 7.48. The van der Waals surface area contributed by atoms with E-state index in [-0.39, 0.29) is 0 Å². The average molecular weight is 398 g/mol. The SMILES string of the molecule is c1ccc(-c2cccc(-c3nc(-c4ccccc4)c4oc5ccccc5c4n3)c2)cc1. The number of furan rings is 1. The van der Waals surface area contributed by atoms with Crippen LogP contribution in [0, 0.1) is 0 Å². The van der Waals surface area contributed by atoms with E-state index >= 15 is 0 Å². The van der Waals surface area contributed by atoms with Crippen LogP contribution in [0.5, 0.6) is 0 Å². The van der Waals surface area contributed by atoms with Crippen molar-refractivity contribution in [3.63, 3.8) is 0 Å². The third kappa shape index (κ3) is 3.08. The van der Waals surface area contributed by atoms with Crippen LogP contribution >= 0.6 is 0 Å². The van der Waals surface area contributed by atoms with E-state index in [9.17, 15) is 0 Å². The van der Waals surface area contributed by atoms with Crippen molar-refractivity contribution in [2.45, 2.75) is 0 Å². The summed E-state index contributed by atoms with van der Waals surface area (Å²) < 4.78 is 6.20. The Balaban J connectivity index is 1.62. The molecule has 146 valence electrons. The van der Waals surface area contributed by atoms with E-state index in [0.717, 1.165) is 44.5 Å². The summed E-state index contributed by atoms with van der Waals surface area (Å²) in [6.45, 7) is 0. The Bertz CT molecular complexity index is 1520. The number of aromatic nitrogens is 2. The summed E-state index contributed by atoms with van der Waals surface area (Å²) in [6, 6.07) is 36.9. The lowest BCUT2D eigenvalue weighted by Crippen LogP contribution is -1.94. The summed E-state index contributed by atoms with van der Waals surface area (Å²) >= 11 is 0. The van der Waals surface area contributed by atoms with Crippen LogP contribution in [0.2, 0.25) is 0 Å². The molecule has 0 aliphatic carbocycles. The lowest BCUT2D eigenvalue weighted by atomic mass is 10.0. The van der Waals surface area contributed by atoms with Crippen molar-refractivity contribution in [3.8, 4) is 33.8 Å². The standard InChI is InChI=1S/C28H18N2O/c1-3-10-19(11-4-1)21-14-9-15-22(18-21)28-29-25(20-12-5-2-6-13-20)27-26(30-28)23-16-7-8-17-24(23)31-27/h1-18H. The van der Waals surface area contributed by atoms with Gasteiger partial charge >= 0.3 is 0 Å². The number of hydrogen-bond acceptors (Lipinski definition) is 3. The molecule has 0 spiro atoms. The van der Waals surface area contributed by atoms with Crippen LogP contribution in [-0.2, 0) is 0 Å². The van der Waals surface area contributed by atoms with E-state index in [1.807, 2.05) is 48.5 Å². The van der Waals surface area contributed by atoms with Crippen LogP contribution < -0.4 is 0 Å². The predicted molar refractivity (Wildman–Crippen MR) is 126 cm³/mol. The molecule has 0 fully saturated rings. The fraction of sp³-hybridized carbons (Fsp3) is 0. The molecule has 31 heavy (non-hydrogen) atoms. The molecule has 0 unspecified atom stereocenters. The Kier molecular flexibility index (Phi) is 4.10. The molecular formula is C28H18N2O. The van der Waals surface area contributed by atoms with Gasteiger partial charge in [-0.1, -0.05) is 91.0 Å². The molecule has 3 heteroatoms. The number of rotatable bonds is 3. The van der Waals surface area contributed by atoms with Crippen molar-refractivity contribution >= 4 is 22.1 Å². The Labute approximate surface area is 179 Å². The number of fused-ring (bicyclic) bond motifs is 3. The van der Waals surface area contributed by atoms with Gasteiger partial charge in [0.15, 0.2) is 11.4 Å². The quantitative estimate of drug-likeness (QED) is 0.312. The molecule has 0 amide bonds. The monoisotopic (exact) mass is 398 g/mol. The normalized spacial score (nSPS) is 11.2. The maximum absolute atomic E-state index is 6.20. The average Bonchev–Trinajstić information content (AvgIpc) is 3.23. The van der Waals surface area contributed by atoms with Crippen LogP contribution in [0.3, 0.4) is 0 Å². The first-order valence-electron chi connectivity index (χ1n) is 10.3. The van der Waals surface area contributed by atoms with Gasteiger partial charge in [0, 0.05) is 16.5 Å². The highest BCUT2D eigenvalue weighted by molar-refractivity contribution is 6.07. The van der Waals surface area contributed by atoms with Crippen molar-refractivity contribution < 1.29 is 4.42 Å². The summed E-state index contributed by atoms with van der Waals surface area (Å²) in [5.41, 5.74) is 7.48. The third-order valence-corrected chi connectivity index (χ3v) is 5.49. The molecule has 0 aliphatic rings. The van der Waals surface area contributed by atoms with Gasteiger partial charge in [0.2, 0.25) is 0 Å². The molecular weight excluding hydrogens is 380 g/mol. The molecule has 6 aromatic rings. The minimum Gasteiger partial charge on any atom is -0.452 e. The molecule has 0 saturated carbocycles. The number of para-hydroxylation sites is 1. The van der Waals surface area contributed by atoms with E-state index in [4.69, 9.17) is 14.4 Å². The number of nitrogens with zero attached hydrogens (tertiary/aromatic N) is 2. The Hall–Kier alpha value is -4.24. The van der Waals surface area contributed by atoms with E-state index in [1.54, 1.807) is 0 Å². The molecule has 4 aromatic carbocycles. The molecule has 0 saturated heterocycles. The van der Waals surface area contributed by atoms with Crippen molar-refractivity contribution in [2.75, 3.05) is 0 Å². The van der Waals surface area contributed by atoms with Gasteiger partial charge in [-0.15, -0.1) is 0 Å². The van der Waals surface area contributed by atoms with Crippen molar-refractivity contribution in [1.82, 2.24) is 9.97 Å². The highest BCUT2D eigenvalue weighted by atomic mass is 16.3. The largest absolute Gasteiger partial charge is 0.452 e. The van der Waals surface area contributed by atoms with Gasteiger partial charge in [0.25, 0.3) is 0 Å². The zero-order valence-electron chi connectivity index (χ0n) is 16.7.